The molecule has 7 heteroatoms. The van der Waals surface area contributed by atoms with Gasteiger partial charge in [0.25, 0.3) is 0 Å². The third kappa shape index (κ3) is 3.82. The van der Waals surface area contributed by atoms with Crippen molar-refractivity contribution in [1.82, 2.24) is 9.55 Å². The summed E-state index contributed by atoms with van der Waals surface area (Å²) >= 11 is 0. The Kier molecular flexibility index (Phi) is 6.16. The standard InChI is InChI=1S/C25H26N2O5/c1-5-30-21-15-17(28)14-20-24(21)26-18-10-8-9-11-19(18)27(20)16-12-22(31-6-2)25(29-4)23(13-16)32-7-3/h8-15H,5-7H2,1-4H3. The lowest BCUT2D eigenvalue weighted by molar-refractivity contribution is 0.282. The SMILES string of the molecule is CCOc1cc(=O)cc2n(-c3cc(OCC)c(OC)c(OCC)c3)c3ccccc3nc1-2. The number of methoxy groups -OCH3 is 1. The lowest BCUT2D eigenvalue weighted by Crippen LogP contribution is -2.13. The fraction of sp³-hybridized carbons (Fsp3) is 0.280. The Morgan fingerprint density at radius 1 is 0.844 bits per heavy atom. The molecule has 0 fully saturated rings. The molecule has 2 aliphatic rings. The number of nitrogens with zero attached hydrogens (tertiary/aromatic N) is 2. The lowest BCUT2D eigenvalue weighted by atomic mass is 10.1. The Morgan fingerprint density at radius 3 is 2.09 bits per heavy atom. The largest absolute Gasteiger partial charge is 0.491 e. The summed E-state index contributed by atoms with van der Waals surface area (Å²) in [6.07, 6.45) is 0. The first-order valence-corrected chi connectivity index (χ1v) is 10.7. The molecular formula is C25H26N2O5. The molecule has 0 saturated heterocycles. The first-order valence-electron chi connectivity index (χ1n) is 10.7. The molecule has 1 aliphatic carbocycles. The van der Waals surface area contributed by atoms with Gasteiger partial charge >= 0.3 is 0 Å². The van der Waals surface area contributed by atoms with Crippen LogP contribution in [0.15, 0.2) is 53.3 Å². The number of fused-ring (bicyclic) bond motifs is 2. The van der Waals surface area contributed by atoms with Crippen LogP contribution in [0, 0.1) is 0 Å². The van der Waals surface area contributed by atoms with Gasteiger partial charge in [-0.3, -0.25) is 4.79 Å². The Hall–Kier alpha value is -3.74. The van der Waals surface area contributed by atoms with Gasteiger partial charge in [-0.2, -0.15) is 0 Å². The van der Waals surface area contributed by atoms with E-state index in [1.165, 1.54) is 6.07 Å². The van der Waals surface area contributed by atoms with Gasteiger partial charge in [0.1, 0.15) is 5.69 Å². The van der Waals surface area contributed by atoms with Crippen LogP contribution in [0.25, 0.3) is 28.1 Å². The molecule has 1 heterocycles. The van der Waals surface area contributed by atoms with Crippen LogP contribution < -0.4 is 24.4 Å². The van der Waals surface area contributed by atoms with Gasteiger partial charge in [-0.25, -0.2) is 4.98 Å². The second kappa shape index (κ2) is 9.18. The number of rotatable bonds is 8. The van der Waals surface area contributed by atoms with Gasteiger partial charge in [0.05, 0.1) is 49.3 Å². The highest BCUT2D eigenvalue weighted by molar-refractivity contribution is 5.85. The number of para-hydroxylation sites is 2. The van der Waals surface area contributed by atoms with Crippen LogP contribution in [0.3, 0.4) is 0 Å². The lowest BCUT2D eigenvalue weighted by Gasteiger charge is -2.22. The average molecular weight is 434 g/mol. The van der Waals surface area contributed by atoms with E-state index in [4.69, 9.17) is 23.9 Å². The molecule has 0 saturated carbocycles. The van der Waals surface area contributed by atoms with Crippen LogP contribution >= 0.6 is 0 Å². The molecular weight excluding hydrogens is 408 g/mol. The number of hydrogen-bond acceptors (Lipinski definition) is 6. The third-order valence-electron chi connectivity index (χ3n) is 4.99. The maximum Gasteiger partial charge on any atom is 0.203 e. The molecule has 0 amide bonds. The van der Waals surface area contributed by atoms with Gasteiger partial charge in [0.2, 0.25) is 5.75 Å². The van der Waals surface area contributed by atoms with Gasteiger partial charge in [-0.05, 0) is 32.9 Å². The monoisotopic (exact) mass is 434 g/mol. The van der Waals surface area contributed by atoms with Crippen molar-refractivity contribution in [3.63, 3.8) is 0 Å². The van der Waals surface area contributed by atoms with E-state index in [9.17, 15) is 4.79 Å². The summed E-state index contributed by atoms with van der Waals surface area (Å²) in [5, 5.41) is 0. The zero-order valence-corrected chi connectivity index (χ0v) is 18.7. The second-order valence-electron chi connectivity index (χ2n) is 7.00. The molecule has 0 bridgehead atoms. The molecule has 7 nitrogen and oxygen atoms in total. The fourth-order valence-corrected chi connectivity index (χ4v) is 3.81. The maximum atomic E-state index is 12.5. The molecule has 32 heavy (non-hydrogen) atoms. The molecule has 2 aromatic carbocycles. The highest BCUT2D eigenvalue weighted by Crippen LogP contribution is 2.42. The van der Waals surface area contributed by atoms with Gasteiger partial charge in [0.15, 0.2) is 22.7 Å². The summed E-state index contributed by atoms with van der Waals surface area (Å²) in [5.74, 6) is 2.10. The molecule has 166 valence electrons. The van der Waals surface area contributed by atoms with Crippen molar-refractivity contribution in [2.75, 3.05) is 26.9 Å². The van der Waals surface area contributed by atoms with Crippen molar-refractivity contribution in [2.45, 2.75) is 20.8 Å². The Morgan fingerprint density at radius 2 is 1.47 bits per heavy atom. The van der Waals surface area contributed by atoms with Gasteiger partial charge in [-0.1, -0.05) is 12.1 Å². The van der Waals surface area contributed by atoms with Crippen molar-refractivity contribution in [1.29, 1.82) is 0 Å². The molecule has 0 spiro atoms. The van der Waals surface area contributed by atoms with Gasteiger partial charge < -0.3 is 23.5 Å². The summed E-state index contributed by atoms with van der Waals surface area (Å²) in [4.78, 5) is 17.4. The number of aromatic nitrogens is 2. The van der Waals surface area contributed by atoms with E-state index >= 15 is 0 Å². The average Bonchev–Trinajstić information content (AvgIpc) is 2.78. The van der Waals surface area contributed by atoms with Crippen molar-refractivity contribution in [3.05, 3.63) is 58.8 Å². The minimum Gasteiger partial charge on any atom is -0.491 e. The van der Waals surface area contributed by atoms with Crippen LogP contribution in [-0.4, -0.2) is 36.5 Å². The predicted molar refractivity (Wildman–Crippen MR) is 124 cm³/mol. The Balaban J connectivity index is 2.11. The van der Waals surface area contributed by atoms with Crippen LogP contribution in [0.2, 0.25) is 0 Å². The molecule has 0 N–H and O–H groups in total. The van der Waals surface area contributed by atoms with Crippen LogP contribution in [0.5, 0.6) is 23.0 Å². The molecule has 0 atom stereocenters. The number of benzene rings is 3. The van der Waals surface area contributed by atoms with Crippen LogP contribution in [0.1, 0.15) is 20.8 Å². The summed E-state index contributed by atoms with van der Waals surface area (Å²) < 4.78 is 25.0. The Labute approximate surface area is 186 Å². The third-order valence-corrected chi connectivity index (χ3v) is 4.99. The van der Waals surface area contributed by atoms with E-state index in [0.717, 1.165) is 16.7 Å². The highest BCUT2D eigenvalue weighted by atomic mass is 16.5. The first-order chi connectivity index (χ1) is 15.6. The summed E-state index contributed by atoms with van der Waals surface area (Å²) in [6, 6.07) is 14.6. The fourth-order valence-electron chi connectivity index (χ4n) is 3.81. The highest BCUT2D eigenvalue weighted by Gasteiger charge is 2.22. The molecule has 0 aromatic heterocycles. The predicted octanol–water partition coefficient (Wildman–Crippen LogP) is 4.70. The Bertz CT molecular complexity index is 1250. The van der Waals surface area contributed by atoms with E-state index in [0.29, 0.717) is 54.2 Å². The van der Waals surface area contributed by atoms with Gasteiger partial charge in [0, 0.05) is 24.3 Å². The maximum absolute atomic E-state index is 12.5. The van der Waals surface area contributed by atoms with Crippen LogP contribution in [0.4, 0.5) is 0 Å². The molecule has 0 unspecified atom stereocenters. The zero-order chi connectivity index (χ0) is 22.7. The minimum absolute atomic E-state index is 0.157. The molecule has 2 aromatic rings. The zero-order valence-electron chi connectivity index (χ0n) is 18.7. The van der Waals surface area contributed by atoms with Crippen molar-refractivity contribution >= 4 is 11.0 Å². The van der Waals surface area contributed by atoms with E-state index in [1.807, 2.05) is 61.7 Å². The van der Waals surface area contributed by atoms with Crippen molar-refractivity contribution in [2.24, 2.45) is 0 Å². The minimum atomic E-state index is -0.157. The van der Waals surface area contributed by atoms with E-state index in [2.05, 4.69) is 0 Å². The summed E-state index contributed by atoms with van der Waals surface area (Å²) in [7, 11) is 1.59. The second-order valence-corrected chi connectivity index (χ2v) is 7.00. The van der Waals surface area contributed by atoms with Crippen molar-refractivity contribution in [3.8, 4) is 40.1 Å². The number of ether oxygens (including phenoxy) is 4. The quantitative estimate of drug-likeness (QED) is 0.375. The topological polar surface area (TPSA) is 71.8 Å². The number of hydrogen-bond donors (Lipinski definition) is 0. The first kappa shape index (κ1) is 21.5. The molecule has 1 aliphatic heterocycles. The van der Waals surface area contributed by atoms with Crippen LogP contribution in [-0.2, 0) is 0 Å². The molecule has 4 rings (SSSR count). The van der Waals surface area contributed by atoms with Gasteiger partial charge in [-0.15, -0.1) is 0 Å². The van der Waals surface area contributed by atoms with Crippen molar-refractivity contribution < 1.29 is 18.9 Å². The van der Waals surface area contributed by atoms with E-state index < -0.39 is 0 Å². The summed E-state index contributed by atoms with van der Waals surface area (Å²) in [6.45, 7) is 7.06. The smallest absolute Gasteiger partial charge is 0.203 e. The normalized spacial score (nSPS) is 11.0. The summed E-state index contributed by atoms with van der Waals surface area (Å²) in [5.41, 5.74) is 3.45. The van der Waals surface area contributed by atoms with E-state index in [1.54, 1.807) is 13.2 Å². The molecule has 0 radical (unpaired) electrons. The van der Waals surface area contributed by atoms with E-state index in [-0.39, 0.29) is 5.43 Å².